The van der Waals surface area contributed by atoms with Crippen LogP contribution in [0.2, 0.25) is 0 Å². The Morgan fingerprint density at radius 2 is 1.71 bits per heavy atom. The maximum Gasteiger partial charge on any atom is 0.259 e. The molecule has 1 aromatic heterocycles. The summed E-state index contributed by atoms with van der Waals surface area (Å²) >= 11 is 0. The maximum absolute atomic E-state index is 13.3. The van der Waals surface area contributed by atoms with Crippen LogP contribution in [0.15, 0.2) is 41.5 Å². The first-order valence-corrected chi connectivity index (χ1v) is 12.1. The molecule has 182 valence electrons. The van der Waals surface area contributed by atoms with Crippen molar-refractivity contribution in [3.05, 3.63) is 58.0 Å². The van der Waals surface area contributed by atoms with E-state index in [-0.39, 0.29) is 35.6 Å². The molecule has 1 aromatic carbocycles. The molecule has 3 heterocycles. The fourth-order valence-corrected chi connectivity index (χ4v) is 4.38. The second-order valence-electron chi connectivity index (χ2n) is 9.42. The number of carbonyl (C=O) groups excluding carboxylic acids is 2. The van der Waals surface area contributed by atoms with Crippen molar-refractivity contribution in [2.24, 2.45) is 5.92 Å². The normalized spacial score (nSPS) is 17.9. The number of carbonyl (C=O) groups is 2. The number of benzene rings is 1. The Morgan fingerprint density at radius 3 is 2.41 bits per heavy atom. The third-order valence-electron chi connectivity index (χ3n) is 6.08. The Kier molecular flexibility index (Phi) is 7.55. The summed E-state index contributed by atoms with van der Waals surface area (Å²) in [5.41, 5.74) is -0.502. The number of nitrogens with one attached hydrogen (secondary N) is 1. The summed E-state index contributed by atoms with van der Waals surface area (Å²) in [4.78, 5) is 41.3. The molecule has 1 saturated heterocycles. The topological polar surface area (TPSA) is 89.9 Å². The number of nitrogens with zero attached hydrogens (tertiary/aromatic N) is 2. The molecule has 0 spiro atoms. The minimum Gasteiger partial charge on any atom is -0.486 e. The van der Waals surface area contributed by atoms with E-state index in [4.69, 9.17) is 9.47 Å². The van der Waals surface area contributed by atoms with Crippen LogP contribution in [0.1, 0.15) is 60.2 Å². The quantitative estimate of drug-likeness (QED) is 0.705. The van der Waals surface area contributed by atoms with Gasteiger partial charge in [-0.25, -0.2) is 0 Å². The van der Waals surface area contributed by atoms with Crippen molar-refractivity contribution in [2.45, 2.75) is 52.2 Å². The third kappa shape index (κ3) is 5.61. The number of pyridine rings is 1. The second kappa shape index (κ2) is 10.8. The summed E-state index contributed by atoms with van der Waals surface area (Å²) in [6.07, 6.45) is 6.80. The molecule has 0 unspecified atom stereocenters. The Hall–Kier alpha value is -3.29. The number of ether oxygens (including phenoxy) is 2. The van der Waals surface area contributed by atoms with Gasteiger partial charge in [-0.15, -0.1) is 0 Å². The number of hydrogen-bond donors (Lipinski definition) is 1. The molecule has 34 heavy (non-hydrogen) atoms. The zero-order chi connectivity index (χ0) is 24.1. The first-order valence-electron chi connectivity index (χ1n) is 12.1. The number of para-hydroxylation sites is 2. The van der Waals surface area contributed by atoms with Crippen molar-refractivity contribution in [3.63, 3.8) is 0 Å². The van der Waals surface area contributed by atoms with E-state index in [1.54, 1.807) is 21.9 Å². The summed E-state index contributed by atoms with van der Waals surface area (Å²) in [6.45, 7) is 6.44. The van der Waals surface area contributed by atoms with Crippen molar-refractivity contribution < 1.29 is 19.1 Å². The second-order valence-corrected chi connectivity index (χ2v) is 9.42. The minimum absolute atomic E-state index is 0.0292. The molecular weight excluding hydrogens is 434 g/mol. The van der Waals surface area contributed by atoms with Crippen LogP contribution >= 0.6 is 0 Å². The van der Waals surface area contributed by atoms with E-state index in [9.17, 15) is 14.4 Å². The average molecular weight is 468 g/mol. The van der Waals surface area contributed by atoms with Gasteiger partial charge >= 0.3 is 0 Å². The summed E-state index contributed by atoms with van der Waals surface area (Å²) in [5.74, 6) is 0.765. The fourth-order valence-electron chi connectivity index (χ4n) is 4.38. The van der Waals surface area contributed by atoms with Crippen molar-refractivity contribution in [1.29, 1.82) is 0 Å². The third-order valence-corrected chi connectivity index (χ3v) is 6.08. The van der Waals surface area contributed by atoms with E-state index < -0.39 is 11.3 Å². The van der Waals surface area contributed by atoms with Crippen molar-refractivity contribution in [2.75, 3.05) is 26.2 Å². The summed E-state index contributed by atoms with van der Waals surface area (Å²) < 4.78 is 13.4. The molecule has 8 nitrogen and oxygen atoms in total. The van der Waals surface area contributed by atoms with Gasteiger partial charge in [-0.2, -0.15) is 0 Å². The van der Waals surface area contributed by atoms with E-state index in [0.29, 0.717) is 37.7 Å². The zero-order valence-electron chi connectivity index (χ0n) is 19.9. The molecule has 4 rings (SSSR count). The van der Waals surface area contributed by atoms with Gasteiger partial charge in [-0.1, -0.05) is 38.8 Å². The lowest BCUT2D eigenvalue weighted by Gasteiger charge is -2.26. The number of likely N-dealkylation sites (tertiary alicyclic amines) is 1. The van der Waals surface area contributed by atoms with Crippen LogP contribution in [0, 0.1) is 5.92 Å². The van der Waals surface area contributed by atoms with Crippen molar-refractivity contribution in [1.82, 2.24) is 14.8 Å². The van der Waals surface area contributed by atoms with Crippen LogP contribution in [-0.4, -0.2) is 53.6 Å². The van der Waals surface area contributed by atoms with Gasteiger partial charge in [0.05, 0.1) is 6.54 Å². The fraction of sp³-hybridized carbons (Fsp3) is 0.500. The van der Waals surface area contributed by atoms with Gasteiger partial charge in [0, 0.05) is 32.0 Å². The predicted molar refractivity (Wildman–Crippen MR) is 129 cm³/mol. The standard InChI is InChI=1S/C26H33N3O5/c1-18(2)14-28-15-20(24(30)21(16-28)26(32)29-11-7-3-4-8-12-29)25(31)27-13-19-17-33-22-9-5-6-10-23(22)34-19/h5-6,9-10,15-16,18-19H,3-4,7-8,11-14,17H2,1-2H3,(H,27,31)/t19-/m1/s1. The van der Waals surface area contributed by atoms with Crippen molar-refractivity contribution >= 4 is 11.8 Å². The zero-order valence-corrected chi connectivity index (χ0v) is 19.9. The highest BCUT2D eigenvalue weighted by atomic mass is 16.6. The Balaban J connectivity index is 1.52. The number of amides is 2. The van der Waals surface area contributed by atoms with Crippen LogP contribution < -0.4 is 20.2 Å². The minimum atomic E-state index is -0.530. The van der Waals surface area contributed by atoms with Gasteiger partial charge in [0.1, 0.15) is 23.8 Å². The molecule has 2 aromatic rings. The van der Waals surface area contributed by atoms with Crippen molar-refractivity contribution in [3.8, 4) is 11.5 Å². The Bertz CT molecular complexity index is 1090. The van der Waals surface area contributed by atoms with Crippen LogP contribution in [-0.2, 0) is 6.54 Å². The molecule has 0 radical (unpaired) electrons. The van der Waals surface area contributed by atoms with Gasteiger partial charge in [0.2, 0.25) is 5.43 Å². The maximum atomic E-state index is 13.3. The highest BCUT2D eigenvalue weighted by molar-refractivity contribution is 5.99. The lowest BCUT2D eigenvalue weighted by molar-refractivity contribution is 0.0759. The van der Waals surface area contributed by atoms with Gasteiger partial charge in [-0.05, 0) is 30.9 Å². The molecule has 2 amide bonds. The molecule has 0 aliphatic carbocycles. The monoisotopic (exact) mass is 467 g/mol. The van der Waals surface area contributed by atoms with E-state index in [2.05, 4.69) is 5.32 Å². The Labute approximate surface area is 199 Å². The molecule has 1 atom stereocenters. The molecule has 0 saturated carbocycles. The average Bonchev–Trinajstić information content (AvgIpc) is 3.12. The van der Waals surface area contributed by atoms with Crippen LogP contribution in [0.25, 0.3) is 0 Å². The lowest BCUT2D eigenvalue weighted by Crippen LogP contribution is -2.43. The number of rotatable bonds is 6. The van der Waals surface area contributed by atoms with Crippen LogP contribution in [0.5, 0.6) is 11.5 Å². The van der Waals surface area contributed by atoms with Gasteiger partial charge < -0.3 is 24.3 Å². The Morgan fingerprint density at radius 1 is 1.03 bits per heavy atom. The molecule has 1 fully saturated rings. The largest absolute Gasteiger partial charge is 0.486 e. The van der Waals surface area contributed by atoms with E-state index in [1.807, 2.05) is 38.1 Å². The molecule has 1 N–H and O–H groups in total. The molecule has 8 heteroatoms. The van der Waals surface area contributed by atoms with Gasteiger partial charge in [-0.3, -0.25) is 14.4 Å². The van der Waals surface area contributed by atoms with E-state index >= 15 is 0 Å². The predicted octanol–water partition coefficient (Wildman–Crippen LogP) is 3.09. The molecular formula is C26H33N3O5. The van der Waals surface area contributed by atoms with E-state index in [1.165, 1.54) is 0 Å². The van der Waals surface area contributed by atoms with E-state index in [0.717, 1.165) is 25.7 Å². The van der Waals surface area contributed by atoms with Crippen LogP contribution in [0.3, 0.4) is 0 Å². The number of hydrogen-bond acceptors (Lipinski definition) is 5. The smallest absolute Gasteiger partial charge is 0.259 e. The van der Waals surface area contributed by atoms with Gasteiger partial charge in [0.25, 0.3) is 11.8 Å². The lowest BCUT2D eigenvalue weighted by atomic mass is 10.1. The highest BCUT2D eigenvalue weighted by Gasteiger charge is 2.26. The SMILES string of the molecule is CC(C)Cn1cc(C(=O)NC[C@@H]2COc3ccccc3O2)c(=O)c(C(=O)N2CCCCCC2)c1. The highest BCUT2D eigenvalue weighted by Crippen LogP contribution is 2.30. The molecule has 2 aliphatic heterocycles. The summed E-state index contributed by atoms with van der Waals surface area (Å²) in [5, 5.41) is 2.79. The summed E-state index contributed by atoms with van der Waals surface area (Å²) in [7, 11) is 0. The summed E-state index contributed by atoms with van der Waals surface area (Å²) in [6, 6.07) is 7.36. The molecule has 2 aliphatic rings. The van der Waals surface area contributed by atoms with Crippen LogP contribution in [0.4, 0.5) is 0 Å². The number of aromatic nitrogens is 1. The van der Waals surface area contributed by atoms with Gasteiger partial charge in [0.15, 0.2) is 11.5 Å². The first-order chi connectivity index (χ1) is 16.4. The molecule has 0 bridgehead atoms. The number of fused-ring (bicyclic) bond motifs is 1. The first kappa shape index (κ1) is 23.9.